The first kappa shape index (κ1) is 22.7. The minimum Gasteiger partial charge on any atom is -0.462 e. The molecule has 0 saturated carbocycles. The summed E-state index contributed by atoms with van der Waals surface area (Å²) >= 11 is 2.27. The highest BCUT2D eigenvalue weighted by Crippen LogP contribution is 2.41. The summed E-state index contributed by atoms with van der Waals surface area (Å²) in [4.78, 5) is 20.6. The highest BCUT2D eigenvalue weighted by atomic mass is 127. The lowest BCUT2D eigenvalue weighted by atomic mass is 9.86. The van der Waals surface area contributed by atoms with Gasteiger partial charge in [-0.05, 0) is 53.3 Å². The first-order valence-corrected chi connectivity index (χ1v) is 10.9. The van der Waals surface area contributed by atoms with E-state index in [1.54, 1.807) is 27.3 Å². The van der Waals surface area contributed by atoms with Crippen LogP contribution in [0.2, 0.25) is 0 Å². The van der Waals surface area contributed by atoms with Crippen molar-refractivity contribution in [2.75, 3.05) is 20.8 Å². The number of nitrogens with zero attached hydrogens (tertiary/aromatic N) is 1. The Morgan fingerprint density at radius 2 is 1.93 bits per heavy atom. The van der Waals surface area contributed by atoms with Gasteiger partial charge in [-0.1, -0.05) is 26.0 Å². The zero-order valence-electron chi connectivity index (χ0n) is 17.9. The van der Waals surface area contributed by atoms with Crippen LogP contribution in [-0.2, 0) is 14.2 Å². The van der Waals surface area contributed by atoms with Crippen molar-refractivity contribution >= 4 is 40.3 Å². The molecule has 0 bridgehead atoms. The Balaban J connectivity index is 2.11. The van der Waals surface area contributed by atoms with Gasteiger partial charge >= 0.3 is 5.97 Å². The van der Waals surface area contributed by atoms with E-state index in [1.807, 2.05) is 30.3 Å². The van der Waals surface area contributed by atoms with E-state index in [9.17, 15) is 4.79 Å². The van der Waals surface area contributed by atoms with Crippen molar-refractivity contribution in [3.63, 3.8) is 0 Å². The summed E-state index contributed by atoms with van der Waals surface area (Å²) in [5.74, 6) is -0.347. The fourth-order valence-electron chi connectivity index (χ4n) is 3.61. The van der Waals surface area contributed by atoms with E-state index < -0.39 is 6.29 Å². The molecule has 0 fully saturated rings. The van der Waals surface area contributed by atoms with Crippen LogP contribution in [0, 0.1) is 8.99 Å². The molecule has 7 heteroatoms. The number of nitrogens with one attached hydrogen (secondary N) is 1. The Kier molecular flexibility index (Phi) is 7.15. The van der Waals surface area contributed by atoms with Gasteiger partial charge in [0.05, 0.1) is 17.9 Å². The van der Waals surface area contributed by atoms with Gasteiger partial charge in [-0.15, -0.1) is 0 Å². The Bertz CT molecular complexity index is 970. The number of allylic oxidation sites excluding steroid dienone is 1. The Labute approximate surface area is 190 Å². The number of carbonyl (C=O) groups excluding carboxylic acids is 1. The van der Waals surface area contributed by atoms with Gasteiger partial charge in [0.1, 0.15) is 0 Å². The fourth-order valence-corrected chi connectivity index (χ4v) is 3.97. The monoisotopic (exact) mass is 522 g/mol. The minimum atomic E-state index is -0.468. The van der Waals surface area contributed by atoms with E-state index >= 15 is 0 Å². The Hall–Kier alpha value is -1.97. The van der Waals surface area contributed by atoms with Gasteiger partial charge in [0, 0.05) is 52.8 Å². The molecule has 0 radical (unpaired) electrons. The van der Waals surface area contributed by atoms with Crippen molar-refractivity contribution < 1.29 is 19.0 Å². The van der Waals surface area contributed by atoms with Gasteiger partial charge in [0.2, 0.25) is 0 Å². The fraction of sp³-hybridized carbons (Fsp3) is 0.391. The van der Waals surface area contributed by atoms with Crippen LogP contribution in [-0.4, -0.2) is 43.8 Å². The molecular weight excluding hydrogens is 495 g/mol. The number of H-pyrrole nitrogens is 1. The van der Waals surface area contributed by atoms with Crippen LogP contribution in [0.4, 0.5) is 0 Å². The number of rotatable bonds is 7. The van der Waals surface area contributed by atoms with Gasteiger partial charge in [-0.25, -0.2) is 4.79 Å². The third-order valence-electron chi connectivity index (χ3n) is 5.10. The van der Waals surface area contributed by atoms with Crippen LogP contribution in [0.3, 0.4) is 0 Å². The summed E-state index contributed by atoms with van der Waals surface area (Å²) in [6, 6.07) is 8.06. The maximum absolute atomic E-state index is 12.6. The van der Waals surface area contributed by atoms with Crippen LogP contribution in [0.15, 0.2) is 41.2 Å². The van der Waals surface area contributed by atoms with Crippen molar-refractivity contribution in [3.8, 4) is 11.1 Å². The molecule has 1 aromatic carbocycles. The molecule has 1 aliphatic heterocycles. The molecule has 0 amide bonds. The second-order valence-electron chi connectivity index (χ2n) is 7.72. The van der Waals surface area contributed by atoms with Crippen molar-refractivity contribution in [1.29, 1.82) is 0 Å². The molecule has 30 heavy (non-hydrogen) atoms. The molecule has 0 aliphatic carbocycles. The number of carbonyl (C=O) groups is 1. The number of halogens is 1. The van der Waals surface area contributed by atoms with E-state index in [0.717, 1.165) is 38.2 Å². The molecule has 0 unspecified atom stereocenters. The maximum Gasteiger partial charge on any atom is 0.340 e. The summed E-state index contributed by atoms with van der Waals surface area (Å²) in [5.41, 5.74) is 4.65. The van der Waals surface area contributed by atoms with Gasteiger partial charge in [-0.3, -0.25) is 4.99 Å². The third kappa shape index (κ3) is 4.68. The average molecular weight is 522 g/mol. The number of esters is 1. The second kappa shape index (κ2) is 9.45. The summed E-state index contributed by atoms with van der Waals surface area (Å²) in [5, 5.41) is 0. The summed E-state index contributed by atoms with van der Waals surface area (Å²) in [6.07, 6.45) is 3.97. The van der Waals surface area contributed by atoms with Crippen LogP contribution >= 0.6 is 22.6 Å². The smallest absolute Gasteiger partial charge is 0.340 e. The molecule has 0 saturated heterocycles. The van der Waals surface area contributed by atoms with E-state index in [4.69, 9.17) is 19.2 Å². The Morgan fingerprint density at radius 3 is 2.53 bits per heavy atom. The van der Waals surface area contributed by atoms with Crippen molar-refractivity contribution in [1.82, 2.24) is 4.98 Å². The van der Waals surface area contributed by atoms with Crippen LogP contribution in [0.1, 0.15) is 43.2 Å². The van der Waals surface area contributed by atoms with Crippen LogP contribution < -0.4 is 0 Å². The summed E-state index contributed by atoms with van der Waals surface area (Å²) in [7, 11) is 3.22. The molecule has 0 atom stereocenters. The van der Waals surface area contributed by atoms with Gasteiger partial charge < -0.3 is 19.2 Å². The number of hydrogen-bond acceptors (Lipinski definition) is 5. The van der Waals surface area contributed by atoms with Crippen molar-refractivity contribution in [2.24, 2.45) is 10.4 Å². The molecule has 160 valence electrons. The topological polar surface area (TPSA) is 72.9 Å². The lowest BCUT2D eigenvalue weighted by molar-refractivity contribution is -0.0532. The lowest BCUT2D eigenvalue weighted by Crippen LogP contribution is -2.25. The van der Waals surface area contributed by atoms with Gasteiger partial charge in [0.15, 0.2) is 6.29 Å². The highest BCUT2D eigenvalue weighted by Gasteiger charge is 2.35. The third-order valence-corrected chi connectivity index (χ3v) is 5.82. The predicted molar refractivity (Wildman–Crippen MR) is 127 cm³/mol. The zero-order valence-corrected chi connectivity index (χ0v) is 20.1. The second-order valence-corrected chi connectivity index (χ2v) is 8.96. The molecule has 2 heterocycles. The first-order chi connectivity index (χ1) is 14.3. The zero-order chi connectivity index (χ0) is 21.9. The largest absolute Gasteiger partial charge is 0.462 e. The molecule has 6 nitrogen and oxygen atoms in total. The minimum absolute atomic E-state index is 0.191. The van der Waals surface area contributed by atoms with Crippen LogP contribution in [0.5, 0.6) is 0 Å². The standard InChI is InChI=1S/C23H27IN2O4/c1-6-30-21(27)16-13-25-17(20(16)14-7-9-15(24)10-8-14)11-19-23(2,3)12-18(26-19)22(28-4)29-5/h7-11,13,22,25H,6,12H2,1-5H3/b19-11-. The number of benzene rings is 1. The first-order valence-electron chi connectivity index (χ1n) is 9.80. The van der Waals surface area contributed by atoms with E-state index in [-0.39, 0.29) is 11.4 Å². The summed E-state index contributed by atoms with van der Waals surface area (Å²) in [6.45, 7) is 6.40. The summed E-state index contributed by atoms with van der Waals surface area (Å²) < 4.78 is 17.2. The number of aromatic nitrogens is 1. The predicted octanol–water partition coefficient (Wildman–Crippen LogP) is 5.29. The molecule has 3 rings (SSSR count). The normalized spacial score (nSPS) is 16.9. The molecule has 1 N–H and O–H groups in total. The highest BCUT2D eigenvalue weighted by molar-refractivity contribution is 14.1. The van der Waals surface area contributed by atoms with Crippen molar-refractivity contribution in [2.45, 2.75) is 33.5 Å². The SMILES string of the molecule is CCOC(=O)c1c[nH]c(/C=C2\N=C(C(OC)OC)CC2(C)C)c1-c1ccc(I)cc1. The van der Waals surface area contributed by atoms with E-state index in [0.29, 0.717) is 12.2 Å². The van der Waals surface area contributed by atoms with Crippen molar-refractivity contribution in [3.05, 3.63) is 51.0 Å². The quantitative estimate of drug-likeness (QED) is 0.305. The number of aromatic amines is 1. The average Bonchev–Trinajstić information content (AvgIpc) is 3.25. The molecule has 1 aromatic heterocycles. The van der Waals surface area contributed by atoms with Crippen LogP contribution in [0.25, 0.3) is 17.2 Å². The molecule has 1 aliphatic rings. The molecule has 2 aromatic rings. The number of aliphatic imine (C=N–C) groups is 1. The van der Waals surface area contributed by atoms with Gasteiger partial charge in [0.25, 0.3) is 0 Å². The molecular formula is C23H27IN2O4. The molecule has 0 spiro atoms. The number of hydrogen-bond donors (Lipinski definition) is 1. The maximum atomic E-state index is 12.6. The number of ether oxygens (including phenoxy) is 3. The van der Waals surface area contributed by atoms with E-state index in [2.05, 4.69) is 41.4 Å². The Morgan fingerprint density at radius 1 is 1.27 bits per heavy atom. The van der Waals surface area contributed by atoms with E-state index in [1.165, 1.54) is 0 Å². The van der Waals surface area contributed by atoms with Gasteiger partial charge in [-0.2, -0.15) is 0 Å². The number of methoxy groups -OCH3 is 2. The lowest BCUT2D eigenvalue weighted by Gasteiger charge is -2.19.